The standard InChI is InChI=1S/C24H26N2O7S4.K/c1-15-5-6-20-18(11-15)26(9-7-24(26)37(30,31)32)23(35-20)14-22-25(8-4-10-36(27,28)29)17-12-16(2)19(33-3)13-21(17)34-22;/h5-6,11-14,24H,4,7-10H2,1-3H3;/q;+1. The van der Waals surface area contributed by atoms with Gasteiger partial charge in [-0.05, 0) is 42.8 Å². The first-order valence-electron chi connectivity index (χ1n) is 11.6. The molecule has 1 saturated heterocycles. The summed E-state index contributed by atoms with van der Waals surface area (Å²) in [6, 6.07) is 9.74. The second kappa shape index (κ2) is 11.1. The van der Waals surface area contributed by atoms with Gasteiger partial charge in [-0.3, -0.25) is 0 Å². The summed E-state index contributed by atoms with van der Waals surface area (Å²) >= 11 is 2.91. The molecular weight excluding hydrogens is 596 g/mol. The van der Waals surface area contributed by atoms with E-state index in [1.54, 1.807) is 7.11 Å². The minimum atomic E-state index is -4.57. The van der Waals surface area contributed by atoms with Crippen molar-refractivity contribution in [3.63, 3.8) is 0 Å². The fraction of sp³-hybridized carbons (Fsp3) is 0.375. The van der Waals surface area contributed by atoms with Crippen molar-refractivity contribution in [2.45, 2.75) is 43.5 Å². The molecule has 2 aromatic carbocycles. The molecule has 0 aliphatic carbocycles. The minimum absolute atomic E-state index is 0. The van der Waals surface area contributed by atoms with Gasteiger partial charge in [0.25, 0.3) is 5.01 Å². The number of aryl methyl sites for hydroxylation is 3. The first-order valence-corrected chi connectivity index (χ1v) is 16.3. The average Bonchev–Trinajstić information content (AvgIpc) is 3.26. The number of fused-ring (bicyclic) bond motifs is 3. The van der Waals surface area contributed by atoms with Crippen molar-refractivity contribution in [3.05, 3.63) is 51.5 Å². The van der Waals surface area contributed by atoms with Crippen LogP contribution in [-0.2, 0) is 26.8 Å². The van der Waals surface area contributed by atoms with Crippen LogP contribution in [0.15, 0.2) is 40.3 Å². The number of quaternary nitrogens is 1. The van der Waals surface area contributed by atoms with Gasteiger partial charge in [0.15, 0.2) is 32.8 Å². The first-order chi connectivity index (χ1) is 17.3. The Morgan fingerprint density at radius 3 is 2.50 bits per heavy atom. The third-order valence-corrected chi connectivity index (χ3v) is 11.3. The molecular formula is C24H26KN2O7S4+. The van der Waals surface area contributed by atoms with Crippen LogP contribution in [0, 0.1) is 13.8 Å². The van der Waals surface area contributed by atoms with Crippen LogP contribution in [0.3, 0.4) is 0 Å². The molecule has 0 N–H and O–H groups in total. The SMILES string of the molecule is COc1cc2sc(C=C3Sc4ccc(C)cc4[N+]34CCC4S(=O)(=O)[O-])[n+](CCCS(=O)(=O)[O-])c2cc1C.[K+]. The van der Waals surface area contributed by atoms with Crippen molar-refractivity contribution in [1.82, 2.24) is 4.48 Å². The fourth-order valence-corrected chi connectivity index (χ4v) is 9.43. The molecule has 38 heavy (non-hydrogen) atoms. The Kier molecular flexibility index (Phi) is 8.97. The molecule has 0 bridgehead atoms. The van der Waals surface area contributed by atoms with Crippen LogP contribution in [-0.4, -0.2) is 50.7 Å². The number of aromatic nitrogens is 1. The Morgan fingerprint density at radius 2 is 1.89 bits per heavy atom. The molecule has 0 radical (unpaired) electrons. The number of methoxy groups -OCH3 is 1. The molecule has 0 amide bonds. The van der Waals surface area contributed by atoms with Crippen LogP contribution in [0.2, 0.25) is 0 Å². The zero-order valence-electron chi connectivity index (χ0n) is 21.5. The van der Waals surface area contributed by atoms with Crippen LogP contribution in [0.1, 0.15) is 29.0 Å². The van der Waals surface area contributed by atoms with Gasteiger partial charge in [0, 0.05) is 30.4 Å². The van der Waals surface area contributed by atoms with E-state index < -0.39 is 31.4 Å². The van der Waals surface area contributed by atoms with Crippen LogP contribution in [0.4, 0.5) is 5.69 Å². The number of nitrogens with zero attached hydrogens (tertiary/aromatic N) is 2. The average molecular weight is 622 g/mol. The summed E-state index contributed by atoms with van der Waals surface area (Å²) in [5.74, 6) is 0.225. The molecule has 5 rings (SSSR count). The summed E-state index contributed by atoms with van der Waals surface area (Å²) < 4.78 is 79.0. The maximum atomic E-state index is 12.3. The monoisotopic (exact) mass is 621 g/mol. The van der Waals surface area contributed by atoms with Crippen molar-refractivity contribution in [2.24, 2.45) is 0 Å². The molecule has 14 heteroatoms. The molecule has 198 valence electrons. The molecule has 1 fully saturated rings. The molecule has 2 atom stereocenters. The van der Waals surface area contributed by atoms with Crippen molar-refractivity contribution in [1.29, 1.82) is 0 Å². The van der Waals surface area contributed by atoms with Crippen LogP contribution >= 0.6 is 23.1 Å². The summed E-state index contributed by atoms with van der Waals surface area (Å²) in [4.78, 5) is 0.910. The largest absolute Gasteiger partial charge is 1.00 e. The van der Waals surface area contributed by atoms with Crippen molar-refractivity contribution in [2.75, 3.05) is 19.4 Å². The Hall–Kier alpha value is -0.364. The Bertz CT molecular complexity index is 1670. The molecule has 3 aromatic rings. The maximum Gasteiger partial charge on any atom is 1.00 e. The van der Waals surface area contributed by atoms with Gasteiger partial charge in [-0.2, -0.15) is 4.57 Å². The van der Waals surface area contributed by atoms with Crippen molar-refractivity contribution >= 4 is 65.3 Å². The predicted octanol–water partition coefficient (Wildman–Crippen LogP) is 0.440. The van der Waals surface area contributed by atoms with Gasteiger partial charge in [-0.1, -0.05) is 17.4 Å². The maximum absolute atomic E-state index is 12.3. The normalized spacial score (nSPS) is 21.9. The number of hydrogen-bond acceptors (Lipinski definition) is 9. The van der Waals surface area contributed by atoms with Gasteiger partial charge < -0.3 is 13.8 Å². The zero-order valence-corrected chi connectivity index (χ0v) is 27.9. The number of hydrogen-bond donors (Lipinski definition) is 0. The summed E-state index contributed by atoms with van der Waals surface area (Å²) in [6.07, 6.45) is 2.32. The molecule has 1 spiro atoms. The fourth-order valence-electron chi connectivity index (χ4n) is 5.16. The predicted molar refractivity (Wildman–Crippen MR) is 142 cm³/mol. The van der Waals surface area contributed by atoms with E-state index in [0.29, 0.717) is 12.3 Å². The van der Waals surface area contributed by atoms with E-state index >= 15 is 0 Å². The summed E-state index contributed by atoms with van der Waals surface area (Å²) in [7, 11) is -7.35. The Labute approximate surface area is 273 Å². The molecule has 3 heterocycles. The van der Waals surface area contributed by atoms with E-state index in [1.165, 1.54) is 23.1 Å². The summed E-state index contributed by atoms with van der Waals surface area (Å²) in [5, 5.41) is 0.395. The minimum Gasteiger partial charge on any atom is -0.748 e. The third-order valence-electron chi connectivity index (χ3n) is 6.98. The topological polar surface area (TPSA) is 128 Å². The quantitative estimate of drug-likeness (QED) is 0.161. The number of rotatable bonds is 7. The van der Waals surface area contributed by atoms with Gasteiger partial charge >= 0.3 is 51.4 Å². The summed E-state index contributed by atoms with van der Waals surface area (Å²) in [6.45, 7) is 4.62. The van der Waals surface area contributed by atoms with E-state index in [-0.39, 0.29) is 75.3 Å². The number of thioether (sulfide) groups is 1. The van der Waals surface area contributed by atoms with Gasteiger partial charge in [0.1, 0.15) is 10.4 Å². The second-order valence-electron chi connectivity index (χ2n) is 9.38. The third kappa shape index (κ3) is 5.57. The summed E-state index contributed by atoms with van der Waals surface area (Å²) in [5.41, 5.74) is 3.55. The van der Waals surface area contributed by atoms with E-state index in [0.717, 1.165) is 42.0 Å². The molecule has 2 unspecified atom stereocenters. The van der Waals surface area contributed by atoms with E-state index in [1.807, 2.05) is 54.8 Å². The molecule has 2 aliphatic rings. The van der Waals surface area contributed by atoms with Gasteiger partial charge in [-0.15, -0.1) is 0 Å². The van der Waals surface area contributed by atoms with Crippen molar-refractivity contribution < 1.29 is 86.6 Å². The Balaban J connectivity index is 0.00000336. The number of thiazole rings is 1. The van der Waals surface area contributed by atoms with Crippen molar-refractivity contribution in [3.8, 4) is 5.75 Å². The zero-order chi connectivity index (χ0) is 26.8. The van der Waals surface area contributed by atoms with E-state index in [2.05, 4.69) is 0 Å². The molecule has 1 aromatic heterocycles. The molecule has 9 nitrogen and oxygen atoms in total. The van der Waals surface area contributed by atoms with E-state index in [4.69, 9.17) is 4.74 Å². The smallest absolute Gasteiger partial charge is 0.748 e. The van der Waals surface area contributed by atoms with Gasteiger partial charge in [0.2, 0.25) is 5.52 Å². The van der Waals surface area contributed by atoms with E-state index in [9.17, 15) is 25.9 Å². The molecule has 2 aliphatic heterocycles. The van der Waals surface area contributed by atoms with Gasteiger partial charge in [-0.25, -0.2) is 21.3 Å². The van der Waals surface area contributed by atoms with Crippen LogP contribution in [0.5, 0.6) is 5.75 Å². The Morgan fingerprint density at radius 1 is 1.16 bits per heavy atom. The second-order valence-corrected chi connectivity index (χ2v) is 14.6. The number of benzene rings is 2. The first kappa shape index (κ1) is 30.6. The van der Waals surface area contributed by atoms with Gasteiger partial charge in [0.05, 0.1) is 41.2 Å². The van der Waals surface area contributed by atoms with Crippen LogP contribution < -0.4 is 65.2 Å². The van der Waals surface area contributed by atoms with Crippen LogP contribution in [0.25, 0.3) is 16.3 Å². The number of ether oxygens (including phenoxy) is 1. The molecule has 0 saturated carbocycles.